The molecule has 5 nitrogen and oxygen atoms in total. The summed E-state index contributed by atoms with van der Waals surface area (Å²) in [7, 11) is 0. The number of primary amides is 1. The normalized spacial score (nSPS) is 17.5. The van der Waals surface area contributed by atoms with Gasteiger partial charge in [-0.15, -0.1) is 0 Å². The van der Waals surface area contributed by atoms with Gasteiger partial charge < -0.3 is 10.6 Å². The van der Waals surface area contributed by atoms with Gasteiger partial charge in [0.15, 0.2) is 0 Å². The molecule has 18 heavy (non-hydrogen) atoms. The van der Waals surface area contributed by atoms with E-state index in [4.69, 9.17) is 5.73 Å². The number of pyridine rings is 1. The maximum atomic E-state index is 11.1. The lowest BCUT2D eigenvalue weighted by atomic mass is 10.3. The van der Waals surface area contributed by atoms with Gasteiger partial charge in [-0.05, 0) is 34.5 Å². The standard InChI is InChI=1S/C12H17BrN4O/c13-10-2-3-11(15-8-10)9-16-4-1-5-17(7-6-16)12(14)18/h2-3,8H,1,4-7,9H2,(H2,14,18). The number of nitrogens with zero attached hydrogens (tertiary/aromatic N) is 3. The molecule has 0 atom stereocenters. The van der Waals surface area contributed by atoms with E-state index < -0.39 is 0 Å². The van der Waals surface area contributed by atoms with E-state index in [1.54, 1.807) is 4.90 Å². The van der Waals surface area contributed by atoms with Gasteiger partial charge in [-0.2, -0.15) is 0 Å². The summed E-state index contributed by atoms with van der Waals surface area (Å²) in [6.45, 7) is 4.09. The Morgan fingerprint density at radius 3 is 2.83 bits per heavy atom. The SMILES string of the molecule is NC(=O)N1CCCN(Cc2ccc(Br)cn2)CC1. The number of halogens is 1. The van der Waals surface area contributed by atoms with Gasteiger partial charge in [0.1, 0.15) is 0 Å². The Kier molecular flexibility index (Phi) is 4.54. The van der Waals surface area contributed by atoms with Crippen LogP contribution < -0.4 is 5.73 Å². The maximum Gasteiger partial charge on any atom is 0.314 e. The Labute approximate surface area is 115 Å². The zero-order chi connectivity index (χ0) is 13.0. The lowest BCUT2D eigenvalue weighted by molar-refractivity contribution is 0.207. The van der Waals surface area contributed by atoms with Crippen molar-refractivity contribution < 1.29 is 4.79 Å². The predicted octanol–water partition coefficient (Wildman–Crippen LogP) is 1.43. The number of hydrogen-bond acceptors (Lipinski definition) is 3. The average molecular weight is 313 g/mol. The molecule has 0 spiro atoms. The van der Waals surface area contributed by atoms with E-state index in [0.717, 1.165) is 42.8 Å². The van der Waals surface area contributed by atoms with Crippen LogP contribution in [0.15, 0.2) is 22.8 Å². The van der Waals surface area contributed by atoms with E-state index in [1.165, 1.54) is 0 Å². The molecule has 1 aliphatic rings. The molecule has 1 aromatic heterocycles. The van der Waals surface area contributed by atoms with Crippen LogP contribution in [0, 0.1) is 0 Å². The molecular formula is C12H17BrN4O. The number of aromatic nitrogens is 1. The highest BCUT2D eigenvalue weighted by atomic mass is 79.9. The Morgan fingerprint density at radius 1 is 1.33 bits per heavy atom. The van der Waals surface area contributed by atoms with Gasteiger partial charge in [-0.25, -0.2) is 4.79 Å². The molecule has 0 aliphatic carbocycles. The summed E-state index contributed by atoms with van der Waals surface area (Å²) in [5.41, 5.74) is 6.35. The Hall–Kier alpha value is -1.14. The quantitative estimate of drug-likeness (QED) is 0.898. The topological polar surface area (TPSA) is 62.5 Å². The van der Waals surface area contributed by atoms with Gasteiger partial charge in [0.2, 0.25) is 0 Å². The van der Waals surface area contributed by atoms with E-state index in [-0.39, 0.29) is 6.03 Å². The van der Waals surface area contributed by atoms with Crippen molar-refractivity contribution in [2.24, 2.45) is 5.73 Å². The minimum absolute atomic E-state index is 0.321. The van der Waals surface area contributed by atoms with E-state index in [1.807, 2.05) is 18.3 Å². The first-order valence-electron chi connectivity index (χ1n) is 6.02. The zero-order valence-corrected chi connectivity index (χ0v) is 11.8. The van der Waals surface area contributed by atoms with Crippen LogP contribution in [0.2, 0.25) is 0 Å². The maximum absolute atomic E-state index is 11.1. The lowest BCUT2D eigenvalue weighted by Gasteiger charge is -2.20. The summed E-state index contributed by atoms with van der Waals surface area (Å²) in [5.74, 6) is 0. The lowest BCUT2D eigenvalue weighted by Crippen LogP contribution is -2.38. The molecule has 0 radical (unpaired) electrons. The molecule has 0 bridgehead atoms. The summed E-state index contributed by atoms with van der Waals surface area (Å²) < 4.78 is 0.988. The average Bonchev–Trinajstić information content (AvgIpc) is 2.58. The van der Waals surface area contributed by atoms with Crippen LogP contribution >= 0.6 is 15.9 Å². The fraction of sp³-hybridized carbons (Fsp3) is 0.500. The summed E-state index contributed by atoms with van der Waals surface area (Å²) in [5, 5.41) is 0. The number of carbonyl (C=O) groups excluding carboxylic acids is 1. The van der Waals surface area contributed by atoms with Crippen molar-refractivity contribution in [3.8, 4) is 0 Å². The molecule has 2 N–H and O–H groups in total. The molecule has 1 aliphatic heterocycles. The van der Waals surface area contributed by atoms with E-state index >= 15 is 0 Å². The van der Waals surface area contributed by atoms with Gasteiger partial charge in [0.05, 0.1) is 5.69 Å². The molecule has 0 aromatic carbocycles. The molecule has 0 unspecified atom stereocenters. The van der Waals surface area contributed by atoms with E-state index in [9.17, 15) is 4.79 Å². The first kappa shape index (κ1) is 13.3. The summed E-state index contributed by atoms with van der Waals surface area (Å²) >= 11 is 3.37. The molecule has 1 aromatic rings. The molecule has 2 amide bonds. The van der Waals surface area contributed by atoms with Crippen molar-refractivity contribution in [2.45, 2.75) is 13.0 Å². The van der Waals surface area contributed by atoms with Gasteiger partial charge in [0, 0.05) is 43.4 Å². The highest BCUT2D eigenvalue weighted by molar-refractivity contribution is 9.10. The zero-order valence-electron chi connectivity index (χ0n) is 10.2. The van der Waals surface area contributed by atoms with Crippen LogP contribution in [0.3, 0.4) is 0 Å². The van der Waals surface area contributed by atoms with Gasteiger partial charge in [0.25, 0.3) is 0 Å². The fourth-order valence-electron chi connectivity index (χ4n) is 2.08. The Bertz CT molecular complexity index is 409. The Morgan fingerprint density at radius 2 is 2.17 bits per heavy atom. The largest absolute Gasteiger partial charge is 0.351 e. The fourth-order valence-corrected chi connectivity index (χ4v) is 2.31. The first-order chi connectivity index (χ1) is 8.65. The monoisotopic (exact) mass is 312 g/mol. The van der Waals surface area contributed by atoms with Crippen LogP contribution in [0.5, 0.6) is 0 Å². The predicted molar refractivity (Wildman–Crippen MR) is 73.0 cm³/mol. The van der Waals surface area contributed by atoms with Crippen molar-refractivity contribution in [1.29, 1.82) is 0 Å². The third-order valence-corrected chi connectivity index (χ3v) is 3.54. The highest BCUT2D eigenvalue weighted by Gasteiger charge is 2.17. The molecule has 2 rings (SSSR count). The second-order valence-electron chi connectivity index (χ2n) is 4.42. The van der Waals surface area contributed by atoms with Gasteiger partial charge >= 0.3 is 6.03 Å². The number of hydrogen-bond donors (Lipinski definition) is 1. The van der Waals surface area contributed by atoms with Crippen molar-refractivity contribution >= 4 is 22.0 Å². The van der Waals surface area contributed by atoms with Crippen LogP contribution in [-0.4, -0.2) is 47.0 Å². The van der Waals surface area contributed by atoms with Crippen LogP contribution in [0.25, 0.3) is 0 Å². The number of nitrogens with two attached hydrogens (primary N) is 1. The molecule has 1 saturated heterocycles. The smallest absolute Gasteiger partial charge is 0.314 e. The molecule has 1 fully saturated rings. The number of amides is 2. The van der Waals surface area contributed by atoms with Crippen LogP contribution in [0.4, 0.5) is 4.79 Å². The van der Waals surface area contributed by atoms with E-state index in [2.05, 4.69) is 25.8 Å². The minimum Gasteiger partial charge on any atom is -0.351 e. The second-order valence-corrected chi connectivity index (χ2v) is 5.34. The summed E-state index contributed by atoms with van der Waals surface area (Å²) in [4.78, 5) is 19.5. The second kappa shape index (κ2) is 6.15. The van der Waals surface area contributed by atoms with E-state index in [0.29, 0.717) is 6.54 Å². The first-order valence-corrected chi connectivity index (χ1v) is 6.81. The number of rotatable bonds is 2. The molecule has 6 heteroatoms. The Balaban J connectivity index is 1.90. The molecule has 98 valence electrons. The van der Waals surface area contributed by atoms with Crippen LogP contribution in [0.1, 0.15) is 12.1 Å². The van der Waals surface area contributed by atoms with Crippen molar-refractivity contribution in [2.75, 3.05) is 26.2 Å². The number of urea groups is 1. The van der Waals surface area contributed by atoms with Gasteiger partial charge in [-0.3, -0.25) is 9.88 Å². The molecule has 2 heterocycles. The highest BCUT2D eigenvalue weighted by Crippen LogP contribution is 2.11. The summed E-state index contributed by atoms with van der Waals surface area (Å²) in [6.07, 6.45) is 2.77. The minimum atomic E-state index is -0.321. The van der Waals surface area contributed by atoms with Crippen molar-refractivity contribution in [1.82, 2.24) is 14.8 Å². The molecular weight excluding hydrogens is 296 g/mol. The summed E-state index contributed by atoms with van der Waals surface area (Å²) in [6, 6.07) is 3.69. The van der Waals surface area contributed by atoms with Crippen LogP contribution in [-0.2, 0) is 6.54 Å². The van der Waals surface area contributed by atoms with Crippen molar-refractivity contribution in [3.05, 3.63) is 28.5 Å². The molecule has 0 saturated carbocycles. The number of carbonyl (C=O) groups is 1. The van der Waals surface area contributed by atoms with Gasteiger partial charge in [-0.1, -0.05) is 0 Å². The third kappa shape index (κ3) is 3.68. The third-order valence-electron chi connectivity index (χ3n) is 3.07. The van der Waals surface area contributed by atoms with Crippen molar-refractivity contribution in [3.63, 3.8) is 0 Å².